The van der Waals surface area contributed by atoms with Crippen LogP contribution in [0.5, 0.6) is 0 Å². The first-order valence-corrected chi connectivity index (χ1v) is 7.89. The van der Waals surface area contributed by atoms with E-state index in [2.05, 4.69) is 45.4 Å². The van der Waals surface area contributed by atoms with Gasteiger partial charge in [-0.15, -0.1) is 0 Å². The maximum atomic E-state index is 4.70. The maximum Gasteiger partial charge on any atom is 0.134 e. The standard InChI is InChI=1S/C18H19N5/c1-23-9-8-17-15(11-23)18(21-12-20-17)19-10-14-7-6-13-4-2-3-5-16(13)22-14/h2-7,12H,8-11H2,1H3,(H,19,20,21). The third kappa shape index (κ3) is 2.87. The first kappa shape index (κ1) is 14.1. The topological polar surface area (TPSA) is 53.9 Å². The van der Waals surface area contributed by atoms with Crippen LogP contribution in [-0.4, -0.2) is 33.4 Å². The highest BCUT2D eigenvalue weighted by atomic mass is 15.1. The van der Waals surface area contributed by atoms with Crippen LogP contribution in [0.3, 0.4) is 0 Å². The van der Waals surface area contributed by atoms with Crippen molar-refractivity contribution in [3.63, 3.8) is 0 Å². The molecule has 4 rings (SSSR count). The molecule has 23 heavy (non-hydrogen) atoms. The largest absolute Gasteiger partial charge is 0.364 e. The molecule has 3 aromatic rings. The van der Waals surface area contributed by atoms with E-state index in [-0.39, 0.29) is 0 Å². The summed E-state index contributed by atoms with van der Waals surface area (Å²) in [5, 5.41) is 4.60. The van der Waals surface area contributed by atoms with Gasteiger partial charge in [0.05, 0.1) is 23.4 Å². The van der Waals surface area contributed by atoms with Gasteiger partial charge in [-0.05, 0) is 19.2 Å². The highest BCUT2D eigenvalue weighted by Gasteiger charge is 2.18. The number of pyridine rings is 1. The molecule has 0 aliphatic carbocycles. The fourth-order valence-electron chi connectivity index (χ4n) is 3.01. The van der Waals surface area contributed by atoms with E-state index in [1.54, 1.807) is 6.33 Å². The zero-order chi connectivity index (χ0) is 15.6. The van der Waals surface area contributed by atoms with Crippen LogP contribution in [0.1, 0.15) is 17.0 Å². The average Bonchev–Trinajstić information content (AvgIpc) is 2.59. The molecular formula is C18H19N5. The molecule has 1 aliphatic rings. The van der Waals surface area contributed by atoms with Gasteiger partial charge in [-0.3, -0.25) is 4.98 Å². The number of anilines is 1. The van der Waals surface area contributed by atoms with E-state index in [4.69, 9.17) is 4.98 Å². The Morgan fingerprint density at radius 3 is 3.00 bits per heavy atom. The van der Waals surface area contributed by atoms with Gasteiger partial charge < -0.3 is 10.2 Å². The zero-order valence-electron chi connectivity index (χ0n) is 13.2. The van der Waals surface area contributed by atoms with Crippen molar-refractivity contribution in [3.8, 4) is 0 Å². The van der Waals surface area contributed by atoms with E-state index >= 15 is 0 Å². The summed E-state index contributed by atoms with van der Waals surface area (Å²) >= 11 is 0. The Balaban J connectivity index is 1.56. The summed E-state index contributed by atoms with van der Waals surface area (Å²) in [4.78, 5) is 15.8. The molecule has 3 heterocycles. The van der Waals surface area contributed by atoms with E-state index in [1.807, 2.05) is 18.2 Å². The average molecular weight is 305 g/mol. The van der Waals surface area contributed by atoms with Crippen LogP contribution in [0.15, 0.2) is 42.7 Å². The molecule has 0 saturated heterocycles. The van der Waals surface area contributed by atoms with Crippen LogP contribution in [0, 0.1) is 0 Å². The maximum absolute atomic E-state index is 4.70. The lowest BCUT2D eigenvalue weighted by molar-refractivity contribution is 0.310. The number of hydrogen-bond donors (Lipinski definition) is 1. The summed E-state index contributed by atoms with van der Waals surface area (Å²) < 4.78 is 0. The Morgan fingerprint density at radius 1 is 1.13 bits per heavy atom. The normalized spacial score (nSPS) is 14.7. The zero-order valence-corrected chi connectivity index (χ0v) is 13.2. The molecule has 0 spiro atoms. The van der Waals surface area contributed by atoms with Crippen LogP contribution in [-0.2, 0) is 19.5 Å². The lowest BCUT2D eigenvalue weighted by Gasteiger charge is -2.25. The lowest BCUT2D eigenvalue weighted by atomic mass is 10.1. The molecule has 1 aliphatic heterocycles. The Bertz CT molecular complexity index is 846. The molecule has 0 fully saturated rings. The van der Waals surface area contributed by atoms with Gasteiger partial charge in [0, 0.05) is 30.5 Å². The van der Waals surface area contributed by atoms with Gasteiger partial charge >= 0.3 is 0 Å². The third-order valence-corrected chi connectivity index (χ3v) is 4.29. The van der Waals surface area contributed by atoms with E-state index in [0.717, 1.165) is 47.6 Å². The van der Waals surface area contributed by atoms with Gasteiger partial charge in [0.1, 0.15) is 12.1 Å². The van der Waals surface area contributed by atoms with Crippen molar-refractivity contribution in [2.24, 2.45) is 0 Å². The van der Waals surface area contributed by atoms with Gasteiger partial charge in [-0.25, -0.2) is 9.97 Å². The number of fused-ring (bicyclic) bond motifs is 2. The summed E-state index contributed by atoms with van der Waals surface area (Å²) in [5.41, 5.74) is 4.41. The molecule has 0 unspecified atom stereocenters. The van der Waals surface area contributed by atoms with Gasteiger partial charge in [0.25, 0.3) is 0 Å². The predicted molar refractivity (Wildman–Crippen MR) is 91.1 cm³/mol. The van der Waals surface area contributed by atoms with E-state index in [1.165, 1.54) is 5.56 Å². The molecule has 0 radical (unpaired) electrons. The van der Waals surface area contributed by atoms with Gasteiger partial charge in [-0.2, -0.15) is 0 Å². The molecule has 0 atom stereocenters. The molecule has 5 heteroatoms. The van der Waals surface area contributed by atoms with Gasteiger partial charge in [0.15, 0.2) is 0 Å². The van der Waals surface area contributed by atoms with Crippen molar-refractivity contribution in [1.29, 1.82) is 0 Å². The number of aromatic nitrogens is 3. The van der Waals surface area contributed by atoms with E-state index < -0.39 is 0 Å². The van der Waals surface area contributed by atoms with Crippen molar-refractivity contribution in [2.75, 3.05) is 18.9 Å². The predicted octanol–water partition coefficient (Wildman–Crippen LogP) is 2.62. The molecular weight excluding hydrogens is 286 g/mol. The fraction of sp³-hybridized carbons (Fsp3) is 0.278. The summed E-state index contributed by atoms with van der Waals surface area (Å²) in [6.45, 7) is 2.61. The molecule has 0 amide bonds. The van der Waals surface area contributed by atoms with Crippen molar-refractivity contribution >= 4 is 16.7 Å². The number of likely N-dealkylation sites (N-methyl/N-ethyl adjacent to an activating group) is 1. The summed E-state index contributed by atoms with van der Waals surface area (Å²) in [5.74, 6) is 0.927. The minimum atomic E-state index is 0.665. The second kappa shape index (κ2) is 5.93. The van der Waals surface area contributed by atoms with Crippen molar-refractivity contribution < 1.29 is 0 Å². The molecule has 5 nitrogen and oxygen atoms in total. The van der Waals surface area contributed by atoms with Crippen molar-refractivity contribution in [3.05, 3.63) is 59.7 Å². The van der Waals surface area contributed by atoms with Crippen molar-refractivity contribution in [1.82, 2.24) is 19.9 Å². The smallest absolute Gasteiger partial charge is 0.134 e. The second-order valence-electron chi connectivity index (χ2n) is 5.98. The Hall–Kier alpha value is -2.53. The number of nitrogens with one attached hydrogen (secondary N) is 1. The van der Waals surface area contributed by atoms with Crippen LogP contribution in [0.25, 0.3) is 10.9 Å². The number of nitrogens with zero attached hydrogens (tertiary/aromatic N) is 4. The first-order chi connectivity index (χ1) is 11.3. The van der Waals surface area contributed by atoms with Crippen LogP contribution in [0.4, 0.5) is 5.82 Å². The van der Waals surface area contributed by atoms with Gasteiger partial charge in [-0.1, -0.05) is 24.3 Å². The highest BCUT2D eigenvalue weighted by Crippen LogP contribution is 2.22. The Kier molecular flexibility index (Phi) is 3.63. The minimum Gasteiger partial charge on any atom is -0.364 e. The number of rotatable bonds is 3. The quantitative estimate of drug-likeness (QED) is 0.806. The fourth-order valence-corrected chi connectivity index (χ4v) is 3.01. The Labute approximate surface area is 135 Å². The van der Waals surface area contributed by atoms with Crippen LogP contribution in [0.2, 0.25) is 0 Å². The molecule has 1 aromatic carbocycles. The van der Waals surface area contributed by atoms with E-state index in [0.29, 0.717) is 6.54 Å². The first-order valence-electron chi connectivity index (χ1n) is 7.89. The van der Waals surface area contributed by atoms with Crippen LogP contribution < -0.4 is 5.32 Å². The monoisotopic (exact) mass is 305 g/mol. The summed E-state index contributed by atoms with van der Waals surface area (Å²) in [6, 6.07) is 12.4. The molecule has 2 aromatic heterocycles. The van der Waals surface area contributed by atoms with Crippen LogP contribution >= 0.6 is 0 Å². The SMILES string of the molecule is CN1CCc2ncnc(NCc3ccc4ccccc4n3)c2C1. The van der Waals surface area contributed by atoms with Gasteiger partial charge in [0.2, 0.25) is 0 Å². The summed E-state index contributed by atoms with van der Waals surface area (Å²) in [6.07, 6.45) is 2.64. The number of benzene rings is 1. The molecule has 1 N–H and O–H groups in total. The number of hydrogen-bond acceptors (Lipinski definition) is 5. The van der Waals surface area contributed by atoms with Crippen molar-refractivity contribution in [2.45, 2.75) is 19.5 Å². The summed E-state index contributed by atoms with van der Waals surface area (Å²) in [7, 11) is 2.13. The number of para-hydroxylation sites is 1. The lowest BCUT2D eigenvalue weighted by Crippen LogP contribution is -2.28. The highest BCUT2D eigenvalue weighted by molar-refractivity contribution is 5.78. The third-order valence-electron chi connectivity index (χ3n) is 4.29. The minimum absolute atomic E-state index is 0.665. The molecule has 0 bridgehead atoms. The molecule has 116 valence electrons. The van der Waals surface area contributed by atoms with E-state index in [9.17, 15) is 0 Å². The molecule has 0 saturated carbocycles. The Morgan fingerprint density at radius 2 is 2.04 bits per heavy atom. The second-order valence-corrected chi connectivity index (χ2v) is 5.98.